The predicted molar refractivity (Wildman–Crippen MR) is 104 cm³/mol. The summed E-state index contributed by atoms with van der Waals surface area (Å²) in [5, 5.41) is 11.4. The Kier molecular flexibility index (Phi) is 5.13. The van der Waals surface area contributed by atoms with Crippen molar-refractivity contribution in [3.8, 4) is 5.69 Å². The normalized spacial score (nSPS) is 14.7. The number of aromatic nitrogens is 3. The zero-order valence-corrected chi connectivity index (χ0v) is 15.9. The number of anilines is 1. The van der Waals surface area contributed by atoms with Crippen molar-refractivity contribution < 1.29 is 13.6 Å². The van der Waals surface area contributed by atoms with Gasteiger partial charge in [-0.1, -0.05) is 30.0 Å². The molecule has 1 aliphatic rings. The molecular weight excluding hydrogens is 382 g/mol. The molecule has 5 nitrogen and oxygen atoms in total. The highest BCUT2D eigenvalue weighted by atomic mass is 32.2. The average molecular weight is 400 g/mol. The lowest BCUT2D eigenvalue weighted by atomic mass is 10.3. The fourth-order valence-electron chi connectivity index (χ4n) is 2.81. The molecule has 3 aromatic rings. The molecule has 2 aromatic carbocycles. The van der Waals surface area contributed by atoms with Gasteiger partial charge in [0.1, 0.15) is 5.82 Å². The van der Waals surface area contributed by atoms with Crippen molar-refractivity contribution in [1.29, 1.82) is 0 Å². The van der Waals surface area contributed by atoms with E-state index in [2.05, 4.69) is 15.5 Å². The van der Waals surface area contributed by atoms with E-state index in [1.165, 1.54) is 17.8 Å². The van der Waals surface area contributed by atoms with Crippen LogP contribution < -0.4 is 5.32 Å². The molecule has 1 amide bonds. The first-order chi connectivity index (χ1) is 13.5. The molecule has 0 spiro atoms. The Hall–Kier alpha value is -2.74. The summed E-state index contributed by atoms with van der Waals surface area (Å²) >= 11 is 1.28. The Balaban J connectivity index is 1.53. The van der Waals surface area contributed by atoms with Crippen LogP contribution in [0.15, 0.2) is 53.7 Å². The Morgan fingerprint density at radius 2 is 1.89 bits per heavy atom. The summed E-state index contributed by atoms with van der Waals surface area (Å²) in [6.45, 7) is 1.74. The number of benzene rings is 2. The second-order valence-corrected chi connectivity index (χ2v) is 7.97. The van der Waals surface area contributed by atoms with Gasteiger partial charge < -0.3 is 5.32 Å². The molecule has 1 aromatic heterocycles. The lowest BCUT2D eigenvalue weighted by Crippen LogP contribution is -2.23. The van der Waals surface area contributed by atoms with Gasteiger partial charge in [0.05, 0.1) is 5.25 Å². The number of hydrogen-bond acceptors (Lipinski definition) is 4. The van der Waals surface area contributed by atoms with Gasteiger partial charge in [-0.2, -0.15) is 0 Å². The zero-order chi connectivity index (χ0) is 19.7. The number of para-hydroxylation sites is 1. The van der Waals surface area contributed by atoms with Gasteiger partial charge in [-0.3, -0.25) is 9.36 Å². The van der Waals surface area contributed by atoms with Crippen LogP contribution in [0.2, 0.25) is 0 Å². The fraction of sp³-hybridized carbons (Fsp3) is 0.250. The minimum atomic E-state index is -1.00. The topological polar surface area (TPSA) is 59.8 Å². The van der Waals surface area contributed by atoms with Gasteiger partial charge in [0.15, 0.2) is 16.8 Å². The number of amides is 1. The van der Waals surface area contributed by atoms with Gasteiger partial charge in [0.2, 0.25) is 5.91 Å². The molecule has 28 heavy (non-hydrogen) atoms. The van der Waals surface area contributed by atoms with Crippen LogP contribution in [0.1, 0.15) is 31.5 Å². The number of thioether (sulfide) groups is 1. The molecule has 144 valence electrons. The highest BCUT2D eigenvalue weighted by Crippen LogP contribution is 2.41. The zero-order valence-electron chi connectivity index (χ0n) is 15.1. The number of nitrogens with zero attached hydrogens (tertiary/aromatic N) is 3. The summed E-state index contributed by atoms with van der Waals surface area (Å²) in [4.78, 5) is 12.5. The Bertz CT molecular complexity index is 1000. The quantitative estimate of drug-likeness (QED) is 0.617. The van der Waals surface area contributed by atoms with E-state index < -0.39 is 16.9 Å². The van der Waals surface area contributed by atoms with Crippen molar-refractivity contribution in [2.24, 2.45) is 0 Å². The van der Waals surface area contributed by atoms with Gasteiger partial charge in [0, 0.05) is 23.4 Å². The van der Waals surface area contributed by atoms with E-state index in [0.717, 1.165) is 36.5 Å². The van der Waals surface area contributed by atoms with Gasteiger partial charge >= 0.3 is 0 Å². The SMILES string of the molecule is CC(Sc1nnc(C2CC2)n1-c1ccccc1)C(=O)Nc1ccc(F)c(F)c1. The van der Waals surface area contributed by atoms with Crippen LogP contribution in [0.4, 0.5) is 14.5 Å². The third kappa shape index (κ3) is 3.91. The van der Waals surface area contributed by atoms with Crippen LogP contribution in [0.25, 0.3) is 5.69 Å². The largest absolute Gasteiger partial charge is 0.325 e. The van der Waals surface area contributed by atoms with E-state index in [4.69, 9.17) is 0 Å². The van der Waals surface area contributed by atoms with Crippen LogP contribution in [0.3, 0.4) is 0 Å². The monoisotopic (exact) mass is 400 g/mol. The van der Waals surface area contributed by atoms with Gasteiger partial charge in [-0.25, -0.2) is 8.78 Å². The summed E-state index contributed by atoms with van der Waals surface area (Å²) in [5.74, 6) is -0.984. The van der Waals surface area contributed by atoms with Crippen molar-refractivity contribution in [3.63, 3.8) is 0 Å². The summed E-state index contributed by atoms with van der Waals surface area (Å²) in [7, 11) is 0. The van der Waals surface area contributed by atoms with Crippen LogP contribution in [-0.4, -0.2) is 25.9 Å². The highest BCUT2D eigenvalue weighted by Gasteiger charge is 2.31. The molecule has 1 aliphatic carbocycles. The van der Waals surface area contributed by atoms with Crippen LogP contribution in [-0.2, 0) is 4.79 Å². The molecule has 8 heteroatoms. The van der Waals surface area contributed by atoms with Crippen molar-refractivity contribution >= 4 is 23.4 Å². The maximum Gasteiger partial charge on any atom is 0.237 e. The van der Waals surface area contributed by atoms with Crippen molar-refractivity contribution in [2.75, 3.05) is 5.32 Å². The fourth-order valence-corrected chi connectivity index (χ4v) is 3.69. The smallest absolute Gasteiger partial charge is 0.237 e. The minimum Gasteiger partial charge on any atom is -0.325 e. The summed E-state index contributed by atoms with van der Waals surface area (Å²) in [5.41, 5.74) is 1.16. The summed E-state index contributed by atoms with van der Waals surface area (Å²) < 4.78 is 28.4. The third-order valence-corrected chi connectivity index (χ3v) is 5.50. The Morgan fingerprint density at radius 1 is 1.14 bits per heavy atom. The van der Waals surface area contributed by atoms with Gasteiger partial charge in [-0.05, 0) is 44.0 Å². The van der Waals surface area contributed by atoms with E-state index in [-0.39, 0.29) is 11.6 Å². The number of carbonyl (C=O) groups excluding carboxylic acids is 1. The minimum absolute atomic E-state index is 0.208. The molecule has 1 fully saturated rings. The maximum atomic E-state index is 13.3. The molecular formula is C20H18F2N4OS. The number of hydrogen-bond donors (Lipinski definition) is 1. The number of rotatable bonds is 6. The number of nitrogens with one attached hydrogen (secondary N) is 1. The van der Waals surface area contributed by atoms with Crippen molar-refractivity contribution in [2.45, 2.75) is 36.1 Å². The Morgan fingerprint density at radius 3 is 2.57 bits per heavy atom. The maximum absolute atomic E-state index is 13.3. The number of carbonyl (C=O) groups is 1. The van der Waals surface area contributed by atoms with E-state index in [1.54, 1.807) is 6.92 Å². The molecule has 1 heterocycles. The second kappa shape index (κ2) is 7.71. The molecule has 0 bridgehead atoms. The van der Waals surface area contributed by atoms with Crippen LogP contribution >= 0.6 is 11.8 Å². The lowest BCUT2D eigenvalue weighted by molar-refractivity contribution is -0.115. The first-order valence-electron chi connectivity index (χ1n) is 8.96. The average Bonchev–Trinajstić information content (AvgIpc) is 3.46. The molecule has 0 radical (unpaired) electrons. The first kappa shape index (κ1) is 18.6. The molecule has 1 atom stereocenters. The second-order valence-electron chi connectivity index (χ2n) is 6.66. The van der Waals surface area contributed by atoms with E-state index >= 15 is 0 Å². The van der Waals surface area contributed by atoms with E-state index in [1.807, 2.05) is 34.9 Å². The molecule has 0 saturated heterocycles. The van der Waals surface area contributed by atoms with E-state index in [0.29, 0.717) is 11.1 Å². The van der Waals surface area contributed by atoms with Crippen molar-refractivity contribution in [1.82, 2.24) is 14.8 Å². The predicted octanol–water partition coefficient (Wildman–Crippen LogP) is 4.54. The summed E-state index contributed by atoms with van der Waals surface area (Å²) in [6.07, 6.45) is 2.17. The van der Waals surface area contributed by atoms with Gasteiger partial charge in [-0.15, -0.1) is 10.2 Å². The van der Waals surface area contributed by atoms with Crippen molar-refractivity contribution in [3.05, 3.63) is 66.0 Å². The molecule has 0 aliphatic heterocycles. The molecule has 4 rings (SSSR count). The van der Waals surface area contributed by atoms with Gasteiger partial charge in [0.25, 0.3) is 0 Å². The standard InChI is InChI=1S/C20H18F2N4OS/c1-12(19(27)23-14-9-10-16(21)17(22)11-14)28-20-25-24-18(13-7-8-13)26(20)15-5-3-2-4-6-15/h2-6,9-13H,7-8H2,1H3,(H,23,27). The van der Waals surface area contributed by atoms with E-state index in [9.17, 15) is 13.6 Å². The molecule has 1 saturated carbocycles. The highest BCUT2D eigenvalue weighted by molar-refractivity contribution is 8.00. The third-order valence-electron chi connectivity index (χ3n) is 4.45. The summed E-state index contributed by atoms with van der Waals surface area (Å²) in [6, 6.07) is 13.1. The molecule has 1 unspecified atom stereocenters. The first-order valence-corrected chi connectivity index (χ1v) is 9.84. The molecule has 1 N–H and O–H groups in total. The van der Waals surface area contributed by atoms with Crippen LogP contribution in [0.5, 0.6) is 0 Å². The lowest BCUT2D eigenvalue weighted by Gasteiger charge is -2.14. The number of halogens is 2. The Labute approximate surface area is 165 Å². The van der Waals surface area contributed by atoms with Crippen LogP contribution in [0, 0.1) is 11.6 Å².